The molecule has 1 aliphatic rings. The molecule has 26 heavy (non-hydrogen) atoms. The highest BCUT2D eigenvalue weighted by atomic mass is 32.2. The van der Waals surface area contributed by atoms with E-state index in [1.807, 2.05) is 6.92 Å². The largest absolute Gasteiger partial charge is 0.493 e. The summed E-state index contributed by atoms with van der Waals surface area (Å²) in [5.41, 5.74) is 0.616. The first kappa shape index (κ1) is 19.8. The summed E-state index contributed by atoms with van der Waals surface area (Å²) in [6, 6.07) is 5.26. The molecule has 0 aliphatic carbocycles. The number of nitrogens with one attached hydrogen (secondary N) is 1. The molecule has 8 heteroatoms. The summed E-state index contributed by atoms with van der Waals surface area (Å²) in [6.45, 7) is 2.27. The standard InChI is InChI=1S/C18H22N2O5S/c1-4-5-9-19-15(21)11-20-17(22)14(26-18(20)23)10-12-7-6-8-13(24-2)16(12)25-3/h6-8,10H,4-5,9,11H2,1-3H3,(H,19,21)/b14-10-. The van der Waals surface area contributed by atoms with Gasteiger partial charge in [0.05, 0.1) is 19.1 Å². The quantitative estimate of drug-likeness (QED) is 0.553. The topological polar surface area (TPSA) is 84.9 Å². The van der Waals surface area contributed by atoms with Crippen molar-refractivity contribution in [3.05, 3.63) is 28.7 Å². The Labute approximate surface area is 156 Å². The van der Waals surface area contributed by atoms with Crippen LogP contribution in [-0.4, -0.2) is 49.3 Å². The lowest BCUT2D eigenvalue weighted by molar-refractivity contribution is -0.129. The lowest BCUT2D eigenvalue weighted by atomic mass is 10.1. The Morgan fingerprint density at radius 2 is 2.04 bits per heavy atom. The molecule has 140 valence electrons. The van der Waals surface area contributed by atoms with Crippen molar-refractivity contribution >= 4 is 34.9 Å². The van der Waals surface area contributed by atoms with Crippen molar-refractivity contribution in [2.45, 2.75) is 19.8 Å². The highest BCUT2D eigenvalue weighted by Gasteiger charge is 2.36. The average Bonchev–Trinajstić information content (AvgIpc) is 2.89. The van der Waals surface area contributed by atoms with E-state index < -0.39 is 11.1 Å². The van der Waals surface area contributed by atoms with Crippen LogP contribution in [0.2, 0.25) is 0 Å². The number of hydrogen-bond donors (Lipinski definition) is 1. The van der Waals surface area contributed by atoms with E-state index >= 15 is 0 Å². The van der Waals surface area contributed by atoms with Crippen LogP contribution in [0.5, 0.6) is 11.5 Å². The van der Waals surface area contributed by atoms with Gasteiger partial charge in [0.2, 0.25) is 5.91 Å². The van der Waals surface area contributed by atoms with Crippen LogP contribution in [0.3, 0.4) is 0 Å². The summed E-state index contributed by atoms with van der Waals surface area (Å²) in [5, 5.41) is 2.24. The van der Waals surface area contributed by atoms with Crippen LogP contribution in [0.1, 0.15) is 25.3 Å². The molecule has 2 rings (SSSR count). The Balaban J connectivity index is 2.16. The number of unbranched alkanes of at least 4 members (excludes halogenated alkanes) is 1. The Bertz CT molecular complexity index is 732. The Kier molecular flexibility index (Phi) is 7.08. The van der Waals surface area contributed by atoms with Crippen LogP contribution in [0.15, 0.2) is 23.1 Å². The van der Waals surface area contributed by atoms with Gasteiger partial charge in [0.15, 0.2) is 11.5 Å². The third-order valence-corrected chi connectivity index (χ3v) is 4.66. The zero-order valence-corrected chi connectivity index (χ0v) is 15.9. The number of benzene rings is 1. The van der Waals surface area contributed by atoms with Crippen LogP contribution in [0.4, 0.5) is 4.79 Å². The molecule has 0 unspecified atom stereocenters. The number of rotatable bonds is 8. The molecule has 1 aliphatic heterocycles. The molecular weight excluding hydrogens is 356 g/mol. The van der Waals surface area contributed by atoms with Crippen molar-refractivity contribution in [2.24, 2.45) is 0 Å². The molecule has 3 amide bonds. The monoisotopic (exact) mass is 378 g/mol. The maximum atomic E-state index is 12.5. The molecule has 0 saturated carbocycles. The average molecular weight is 378 g/mol. The highest BCUT2D eigenvalue weighted by Crippen LogP contribution is 2.37. The first-order valence-corrected chi connectivity index (χ1v) is 9.06. The Morgan fingerprint density at radius 1 is 1.27 bits per heavy atom. The van der Waals surface area contributed by atoms with Gasteiger partial charge in [-0.3, -0.25) is 19.3 Å². The fourth-order valence-corrected chi connectivity index (χ4v) is 3.24. The van der Waals surface area contributed by atoms with Gasteiger partial charge in [0.25, 0.3) is 11.1 Å². The van der Waals surface area contributed by atoms with Crippen LogP contribution < -0.4 is 14.8 Å². The van der Waals surface area contributed by atoms with Gasteiger partial charge in [-0.1, -0.05) is 25.5 Å². The molecule has 1 fully saturated rings. The van der Waals surface area contributed by atoms with E-state index in [-0.39, 0.29) is 17.4 Å². The molecule has 0 atom stereocenters. The smallest absolute Gasteiger partial charge is 0.294 e. The number of carbonyl (C=O) groups excluding carboxylic acids is 3. The highest BCUT2D eigenvalue weighted by molar-refractivity contribution is 8.18. The molecule has 1 saturated heterocycles. The molecule has 1 aromatic carbocycles. The Hall–Kier alpha value is -2.48. The second-order valence-electron chi connectivity index (χ2n) is 5.55. The van der Waals surface area contributed by atoms with Gasteiger partial charge in [-0.25, -0.2) is 0 Å². The van der Waals surface area contributed by atoms with Crippen molar-refractivity contribution < 1.29 is 23.9 Å². The van der Waals surface area contributed by atoms with E-state index in [1.54, 1.807) is 24.3 Å². The van der Waals surface area contributed by atoms with E-state index in [0.717, 1.165) is 29.5 Å². The van der Waals surface area contributed by atoms with Gasteiger partial charge < -0.3 is 14.8 Å². The van der Waals surface area contributed by atoms with Crippen LogP contribution >= 0.6 is 11.8 Å². The number of para-hydroxylation sites is 1. The van der Waals surface area contributed by atoms with Gasteiger partial charge in [-0.05, 0) is 30.3 Å². The van der Waals surface area contributed by atoms with Gasteiger partial charge in [-0.2, -0.15) is 0 Å². The summed E-state index contributed by atoms with van der Waals surface area (Å²) < 4.78 is 10.6. The predicted molar refractivity (Wildman–Crippen MR) is 100 cm³/mol. The zero-order chi connectivity index (χ0) is 19.1. The number of amides is 3. The summed E-state index contributed by atoms with van der Waals surface area (Å²) in [5.74, 6) is 0.159. The van der Waals surface area contributed by atoms with Crippen molar-refractivity contribution in [1.82, 2.24) is 10.2 Å². The number of carbonyl (C=O) groups is 3. The normalized spacial score (nSPS) is 15.5. The number of methoxy groups -OCH3 is 2. The van der Waals surface area contributed by atoms with Gasteiger partial charge >= 0.3 is 0 Å². The summed E-state index contributed by atoms with van der Waals surface area (Å²) >= 11 is 0.802. The minimum atomic E-state index is -0.490. The van der Waals surface area contributed by atoms with Gasteiger partial charge in [0.1, 0.15) is 6.54 Å². The van der Waals surface area contributed by atoms with E-state index in [0.29, 0.717) is 23.6 Å². The zero-order valence-electron chi connectivity index (χ0n) is 15.0. The summed E-state index contributed by atoms with van der Waals surface area (Å²) in [7, 11) is 3.02. The third kappa shape index (κ3) is 4.57. The number of nitrogens with zero attached hydrogens (tertiary/aromatic N) is 1. The Morgan fingerprint density at radius 3 is 2.69 bits per heavy atom. The van der Waals surface area contributed by atoms with E-state index in [1.165, 1.54) is 14.2 Å². The van der Waals surface area contributed by atoms with Crippen molar-refractivity contribution in [3.8, 4) is 11.5 Å². The first-order chi connectivity index (χ1) is 12.5. The second kappa shape index (κ2) is 9.28. The number of ether oxygens (including phenoxy) is 2. The molecule has 1 heterocycles. The van der Waals surface area contributed by atoms with Gasteiger partial charge in [-0.15, -0.1) is 0 Å². The second-order valence-corrected chi connectivity index (χ2v) is 6.55. The number of thioether (sulfide) groups is 1. The minimum absolute atomic E-state index is 0.239. The van der Waals surface area contributed by atoms with E-state index in [2.05, 4.69) is 5.32 Å². The minimum Gasteiger partial charge on any atom is -0.493 e. The summed E-state index contributed by atoms with van der Waals surface area (Å²) in [6.07, 6.45) is 3.37. The molecule has 0 aromatic heterocycles. The van der Waals surface area contributed by atoms with Crippen LogP contribution in [-0.2, 0) is 9.59 Å². The molecule has 7 nitrogen and oxygen atoms in total. The molecular formula is C18H22N2O5S. The SMILES string of the molecule is CCCCNC(=O)CN1C(=O)S/C(=C\c2cccc(OC)c2OC)C1=O. The van der Waals surface area contributed by atoms with Gasteiger partial charge in [0, 0.05) is 12.1 Å². The molecule has 1 aromatic rings. The third-order valence-electron chi connectivity index (χ3n) is 3.75. The lowest BCUT2D eigenvalue weighted by Gasteiger charge is -2.12. The van der Waals surface area contributed by atoms with E-state index in [4.69, 9.17) is 9.47 Å². The maximum Gasteiger partial charge on any atom is 0.294 e. The van der Waals surface area contributed by atoms with Crippen molar-refractivity contribution in [2.75, 3.05) is 27.3 Å². The van der Waals surface area contributed by atoms with Crippen molar-refractivity contribution in [3.63, 3.8) is 0 Å². The number of imide groups is 1. The lowest BCUT2D eigenvalue weighted by Crippen LogP contribution is -2.39. The first-order valence-electron chi connectivity index (χ1n) is 8.24. The van der Waals surface area contributed by atoms with E-state index in [9.17, 15) is 14.4 Å². The molecule has 1 N–H and O–H groups in total. The fourth-order valence-electron chi connectivity index (χ4n) is 2.41. The fraction of sp³-hybridized carbons (Fsp3) is 0.389. The van der Waals surface area contributed by atoms with Crippen LogP contribution in [0, 0.1) is 0 Å². The molecule has 0 spiro atoms. The van der Waals surface area contributed by atoms with Crippen LogP contribution in [0.25, 0.3) is 6.08 Å². The molecule has 0 bridgehead atoms. The van der Waals surface area contributed by atoms with Crippen molar-refractivity contribution in [1.29, 1.82) is 0 Å². The number of hydrogen-bond acceptors (Lipinski definition) is 6. The molecule has 0 radical (unpaired) electrons. The summed E-state index contributed by atoms with van der Waals surface area (Å²) in [4.78, 5) is 37.7. The predicted octanol–water partition coefficient (Wildman–Crippen LogP) is 2.66. The maximum absolute atomic E-state index is 12.5.